The van der Waals surface area contributed by atoms with Gasteiger partial charge >= 0.3 is 0 Å². The number of nitrogens with two attached hydrogens (primary N) is 1. The normalized spacial score (nSPS) is 11.5. The van der Waals surface area contributed by atoms with Gasteiger partial charge in [-0.15, -0.1) is 5.10 Å². The topological polar surface area (TPSA) is 122 Å². The SMILES string of the molecule is COc1ccc2c(c1)nnn2-c1nc(N)nc(-c2ccco2)c1-c1ccc2ncc(F)n2c1. The number of furan rings is 1. The van der Waals surface area contributed by atoms with Gasteiger partial charge in [-0.2, -0.15) is 14.1 Å². The highest BCUT2D eigenvalue weighted by molar-refractivity contribution is 5.87. The van der Waals surface area contributed by atoms with Gasteiger partial charge in [-0.3, -0.25) is 4.40 Å². The van der Waals surface area contributed by atoms with E-state index >= 15 is 0 Å². The van der Waals surface area contributed by atoms with Crippen molar-refractivity contribution in [3.05, 3.63) is 67.1 Å². The van der Waals surface area contributed by atoms with Crippen molar-refractivity contribution in [1.29, 1.82) is 0 Å². The molecule has 1 aromatic carbocycles. The summed E-state index contributed by atoms with van der Waals surface area (Å²) >= 11 is 0. The van der Waals surface area contributed by atoms with Crippen LogP contribution in [0.5, 0.6) is 5.75 Å². The molecule has 5 heterocycles. The average Bonchev–Trinajstić information content (AvgIpc) is 3.58. The molecule has 10 nitrogen and oxygen atoms in total. The first-order valence-corrected chi connectivity index (χ1v) is 9.86. The molecule has 0 amide bonds. The van der Waals surface area contributed by atoms with Crippen molar-refractivity contribution in [3.8, 4) is 34.1 Å². The number of nitrogen functional groups attached to an aromatic ring is 1. The van der Waals surface area contributed by atoms with Crippen LogP contribution in [0.2, 0.25) is 0 Å². The number of anilines is 1. The number of benzene rings is 1. The Hall–Kier alpha value is -4.80. The van der Waals surface area contributed by atoms with Gasteiger partial charge in [0.25, 0.3) is 0 Å². The van der Waals surface area contributed by atoms with Gasteiger partial charge in [0.05, 0.1) is 30.6 Å². The highest BCUT2D eigenvalue weighted by Crippen LogP contribution is 2.36. The zero-order valence-corrected chi connectivity index (χ0v) is 17.2. The van der Waals surface area contributed by atoms with E-state index in [-0.39, 0.29) is 5.95 Å². The number of rotatable bonds is 4. The molecular weight excluding hydrogens is 427 g/mol. The Balaban J connectivity index is 1.69. The summed E-state index contributed by atoms with van der Waals surface area (Å²) in [6, 6.07) is 12.4. The Bertz CT molecular complexity index is 1640. The molecule has 0 fully saturated rings. The van der Waals surface area contributed by atoms with Crippen LogP contribution in [0.3, 0.4) is 0 Å². The fraction of sp³-hybridized carbons (Fsp3) is 0.0455. The second-order valence-corrected chi connectivity index (χ2v) is 7.19. The van der Waals surface area contributed by atoms with Crippen LogP contribution in [-0.2, 0) is 0 Å². The van der Waals surface area contributed by atoms with Crippen molar-refractivity contribution >= 4 is 22.6 Å². The van der Waals surface area contributed by atoms with Gasteiger partial charge in [0.15, 0.2) is 11.6 Å². The number of imidazole rings is 1. The largest absolute Gasteiger partial charge is 0.497 e. The second-order valence-electron chi connectivity index (χ2n) is 7.19. The van der Waals surface area contributed by atoms with E-state index in [1.807, 2.05) is 6.07 Å². The van der Waals surface area contributed by atoms with Crippen molar-refractivity contribution in [1.82, 2.24) is 34.3 Å². The molecule has 6 rings (SSSR count). The van der Waals surface area contributed by atoms with E-state index < -0.39 is 5.95 Å². The van der Waals surface area contributed by atoms with Gasteiger partial charge in [0.2, 0.25) is 11.9 Å². The lowest BCUT2D eigenvalue weighted by atomic mass is 10.0. The predicted octanol–water partition coefficient (Wildman–Crippen LogP) is 3.52. The molecule has 0 aliphatic rings. The summed E-state index contributed by atoms with van der Waals surface area (Å²) in [5.41, 5.74) is 9.41. The summed E-state index contributed by atoms with van der Waals surface area (Å²) in [6.07, 6.45) is 4.31. The summed E-state index contributed by atoms with van der Waals surface area (Å²) in [4.78, 5) is 13.0. The summed E-state index contributed by atoms with van der Waals surface area (Å²) in [7, 11) is 1.58. The minimum atomic E-state index is -0.498. The molecule has 162 valence electrons. The number of hydrogen-bond acceptors (Lipinski definition) is 8. The van der Waals surface area contributed by atoms with Gasteiger partial charge in [0, 0.05) is 17.8 Å². The van der Waals surface area contributed by atoms with Crippen LogP contribution in [0.1, 0.15) is 0 Å². The number of pyridine rings is 1. The van der Waals surface area contributed by atoms with Crippen molar-refractivity contribution in [2.75, 3.05) is 12.8 Å². The van der Waals surface area contributed by atoms with E-state index in [1.54, 1.807) is 54.4 Å². The lowest BCUT2D eigenvalue weighted by Crippen LogP contribution is -2.09. The third-order valence-electron chi connectivity index (χ3n) is 5.26. The predicted molar refractivity (Wildman–Crippen MR) is 117 cm³/mol. The zero-order chi connectivity index (χ0) is 22.5. The second kappa shape index (κ2) is 7.12. The summed E-state index contributed by atoms with van der Waals surface area (Å²) in [5, 5.41) is 8.55. The van der Waals surface area contributed by atoms with Crippen LogP contribution in [0.15, 0.2) is 65.5 Å². The number of hydrogen-bond donors (Lipinski definition) is 1. The maximum atomic E-state index is 14.3. The van der Waals surface area contributed by atoms with Crippen LogP contribution in [0, 0.1) is 5.95 Å². The van der Waals surface area contributed by atoms with Crippen LogP contribution in [-0.4, -0.2) is 41.5 Å². The molecule has 0 saturated heterocycles. The maximum Gasteiger partial charge on any atom is 0.222 e. The first-order valence-electron chi connectivity index (χ1n) is 9.86. The quantitative estimate of drug-likeness (QED) is 0.440. The number of nitrogens with zero attached hydrogens (tertiary/aromatic N) is 7. The van der Waals surface area contributed by atoms with E-state index in [4.69, 9.17) is 14.9 Å². The first kappa shape index (κ1) is 18.9. The van der Waals surface area contributed by atoms with Crippen LogP contribution in [0.4, 0.5) is 10.3 Å². The van der Waals surface area contributed by atoms with Crippen molar-refractivity contribution in [2.24, 2.45) is 0 Å². The lowest BCUT2D eigenvalue weighted by molar-refractivity contribution is 0.415. The number of methoxy groups -OCH3 is 1. The fourth-order valence-corrected chi connectivity index (χ4v) is 3.76. The number of aromatic nitrogens is 7. The Kier molecular flexibility index (Phi) is 4.09. The number of fused-ring (bicyclic) bond motifs is 2. The van der Waals surface area contributed by atoms with E-state index in [0.717, 1.165) is 6.20 Å². The smallest absolute Gasteiger partial charge is 0.222 e. The summed E-state index contributed by atoms with van der Waals surface area (Å²) in [5.74, 6) is 1.00. The molecule has 5 aromatic heterocycles. The van der Waals surface area contributed by atoms with E-state index in [1.165, 1.54) is 10.7 Å². The zero-order valence-electron chi connectivity index (χ0n) is 17.2. The highest BCUT2D eigenvalue weighted by Gasteiger charge is 2.23. The van der Waals surface area contributed by atoms with Crippen LogP contribution in [0.25, 0.3) is 45.1 Å². The monoisotopic (exact) mass is 442 g/mol. The standard InChI is InChI=1S/C22H15FN8O2/c1-32-13-5-6-15-14(9-13)28-29-31(15)21-19(12-4-7-18-25-10-17(23)30(18)11-12)20(26-22(24)27-21)16-3-2-8-33-16/h2-11H,1H3,(H2,24,26,27). The molecule has 0 bridgehead atoms. The van der Waals surface area contributed by atoms with Gasteiger partial charge < -0.3 is 14.9 Å². The Labute approximate surface area is 185 Å². The van der Waals surface area contributed by atoms with E-state index in [0.29, 0.717) is 50.8 Å². The third-order valence-corrected chi connectivity index (χ3v) is 5.26. The highest BCUT2D eigenvalue weighted by atomic mass is 19.1. The van der Waals surface area contributed by atoms with Crippen molar-refractivity contribution in [2.45, 2.75) is 0 Å². The third kappa shape index (κ3) is 2.97. The molecule has 0 aliphatic heterocycles. The van der Waals surface area contributed by atoms with Crippen LogP contribution < -0.4 is 10.5 Å². The van der Waals surface area contributed by atoms with E-state index in [9.17, 15) is 4.39 Å². The maximum absolute atomic E-state index is 14.3. The first-order chi connectivity index (χ1) is 16.1. The molecular formula is C22H15FN8O2. The Morgan fingerprint density at radius 3 is 2.85 bits per heavy atom. The van der Waals surface area contributed by atoms with Gasteiger partial charge in [-0.05, 0) is 36.4 Å². The molecule has 0 saturated carbocycles. The number of ether oxygens (including phenoxy) is 1. The molecule has 0 atom stereocenters. The Morgan fingerprint density at radius 1 is 1.12 bits per heavy atom. The minimum absolute atomic E-state index is 0.0206. The molecule has 0 spiro atoms. The average molecular weight is 442 g/mol. The molecule has 2 N–H and O–H groups in total. The Morgan fingerprint density at radius 2 is 2.03 bits per heavy atom. The lowest BCUT2D eigenvalue weighted by Gasteiger charge is -2.14. The molecule has 0 radical (unpaired) electrons. The molecule has 6 aromatic rings. The van der Waals surface area contributed by atoms with Gasteiger partial charge in [-0.25, -0.2) is 9.97 Å². The van der Waals surface area contributed by atoms with Gasteiger partial charge in [-0.1, -0.05) is 5.21 Å². The minimum Gasteiger partial charge on any atom is -0.497 e. The molecule has 33 heavy (non-hydrogen) atoms. The van der Waals surface area contributed by atoms with Crippen LogP contribution >= 0.6 is 0 Å². The molecule has 11 heteroatoms. The van der Waals surface area contributed by atoms with Gasteiger partial charge in [0.1, 0.15) is 22.6 Å². The molecule has 0 aliphatic carbocycles. The fourth-order valence-electron chi connectivity index (χ4n) is 3.76. The summed E-state index contributed by atoms with van der Waals surface area (Å²) < 4.78 is 28.1. The van der Waals surface area contributed by atoms with Crippen molar-refractivity contribution < 1.29 is 13.5 Å². The number of halogens is 1. The summed E-state index contributed by atoms with van der Waals surface area (Å²) in [6.45, 7) is 0. The van der Waals surface area contributed by atoms with Crippen molar-refractivity contribution in [3.63, 3.8) is 0 Å². The molecule has 0 unspecified atom stereocenters. The van der Waals surface area contributed by atoms with E-state index in [2.05, 4.69) is 25.3 Å².